The van der Waals surface area contributed by atoms with Crippen molar-refractivity contribution in [3.63, 3.8) is 0 Å². The van der Waals surface area contributed by atoms with Crippen molar-refractivity contribution in [2.24, 2.45) is 5.73 Å². The van der Waals surface area contributed by atoms with E-state index in [0.29, 0.717) is 10.1 Å². The van der Waals surface area contributed by atoms with Gasteiger partial charge in [0.1, 0.15) is 5.82 Å². The first-order valence-corrected chi connectivity index (χ1v) is 6.40. The Labute approximate surface area is 110 Å². The van der Waals surface area contributed by atoms with Gasteiger partial charge >= 0.3 is 0 Å². The summed E-state index contributed by atoms with van der Waals surface area (Å²) in [5, 5.41) is 0.521. The second-order valence-corrected chi connectivity index (χ2v) is 5.07. The van der Waals surface area contributed by atoms with Crippen LogP contribution in [0.2, 0.25) is 0 Å². The smallest absolute Gasteiger partial charge is 0.192 e. The average Bonchev–Trinajstić information content (AvgIpc) is 2.34. The van der Waals surface area contributed by atoms with E-state index in [4.69, 9.17) is 5.73 Å². The second-order valence-electron chi connectivity index (χ2n) is 4.09. The number of rotatable bonds is 3. The Balaban J connectivity index is 2.36. The highest BCUT2D eigenvalue weighted by atomic mass is 32.2. The van der Waals surface area contributed by atoms with E-state index in [1.54, 1.807) is 18.5 Å². The molecule has 0 aliphatic rings. The molecular weight excluding hydrogens is 249 g/mol. The van der Waals surface area contributed by atoms with Gasteiger partial charge in [-0.25, -0.2) is 14.4 Å². The van der Waals surface area contributed by atoms with Crippen molar-refractivity contribution in [2.75, 3.05) is 0 Å². The Kier molecular flexibility index (Phi) is 3.93. The Morgan fingerprint density at radius 1 is 1.28 bits per heavy atom. The van der Waals surface area contributed by atoms with Crippen molar-refractivity contribution in [3.8, 4) is 0 Å². The predicted molar refractivity (Wildman–Crippen MR) is 69.9 cm³/mol. The number of aryl methyl sites for hydroxylation is 1. The summed E-state index contributed by atoms with van der Waals surface area (Å²) in [6, 6.07) is 4.68. The molecule has 1 aromatic heterocycles. The molecule has 3 nitrogen and oxygen atoms in total. The zero-order valence-corrected chi connectivity index (χ0v) is 11.0. The zero-order valence-electron chi connectivity index (χ0n) is 10.2. The van der Waals surface area contributed by atoms with Crippen molar-refractivity contribution in [3.05, 3.63) is 47.5 Å². The van der Waals surface area contributed by atoms with Gasteiger partial charge in [0, 0.05) is 18.4 Å². The molecule has 5 heteroatoms. The summed E-state index contributed by atoms with van der Waals surface area (Å²) in [6.07, 6.45) is 3.42. The monoisotopic (exact) mass is 263 g/mol. The van der Waals surface area contributed by atoms with Crippen LogP contribution >= 0.6 is 11.8 Å². The zero-order chi connectivity index (χ0) is 13.1. The quantitative estimate of drug-likeness (QED) is 0.865. The molecule has 1 aromatic carbocycles. The van der Waals surface area contributed by atoms with Crippen molar-refractivity contribution in [1.29, 1.82) is 0 Å². The summed E-state index contributed by atoms with van der Waals surface area (Å²) in [5.74, 6) is -0.293. The van der Waals surface area contributed by atoms with Crippen LogP contribution in [0.15, 0.2) is 40.6 Å². The van der Waals surface area contributed by atoms with Crippen LogP contribution in [0.1, 0.15) is 24.1 Å². The lowest BCUT2D eigenvalue weighted by Crippen LogP contribution is -2.07. The van der Waals surface area contributed by atoms with E-state index in [9.17, 15) is 4.39 Å². The van der Waals surface area contributed by atoms with Gasteiger partial charge in [-0.2, -0.15) is 0 Å². The Morgan fingerprint density at radius 3 is 2.56 bits per heavy atom. The normalized spacial score (nSPS) is 12.4. The average molecular weight is 263 g/mol. The maximum absolute atomic E-state index is 13.8. The number of hydrogen-bond acceptors (Lipinski definition) is 4. The second kappa shape index (κ2) is 5.46. The first-order valence-electron chi connectivity index (χ1n) is 5.58. The molecule has 1 atom stereocenters. The molecular formula is C13H14FN3S. The van der Waals surface area contributed by atoms with Crippen LogP contribution in [0.25, 0.3) is 0 Å². The van der Waals surface area contributed by atoms with Crippen LogP contribution in [0.3, 0.4) is 0 Å². The lowest BCUT2D eigenvalue weighted by molar-refractivity contribution is 0.591. The molecule has 0 aliphatic heterocycles. The summed E-state index contributed by atoms with van der Waals surface area (Å²) in [7, 11) is 0. The highest BCUT2D eigenvalue weighted by molar-refractivity contribution is 7.99. The topological polar surface area (TPSA) is 51.8 Å². The minimum Gasteiger partial charge on any atom is -0.324 e. The van der Waals surface area contributed by atoms with Crippen LogP contribution in [0.5, 0.6) is 0 Å². The third-order valence-corrected chi connectivity index (χ3v) is 3.47. The molecule has 0 unspecified atom stereocenters. The number of halogens is 1. The summed E-state index contributed by atoms with van der Waals surface area (Å²) in [4.78, 5) is 8.82. The molecule has 0 saturated carbocycles. The summed E-state index contributed by atoms with van der Waals surface area (Å²) < 4.78 is 13.8. The van der Waals surface area contributed by atoms with Gasteiger partial charge < -0.3 is 5.73 Å². The number of benzene rings is 1. The summed E-state index contributed by atoms with van der Waals surface area (Å²) in [6.45, 7) is 3.74. The number of aromatic nitrogens is 2. The molecule has 1 heterocycles. The van der Waals surface area contributed by atoms with Gasteiger partial charge in [-0.05, 0) is 42.8 Å². The fourth-order valence-corrected chi connectivity index (χ4v) is 2.45. The Bertz CT molecular complexity index is 540. The SMILES string of the molecule is Cc1cnc(Sc2c(F)cccc2[C@H](C)N)nc1. The van der Waals surface area contributed by atoms with E-state index in [1.165, 1.54) is 17.8 Å². The standard InChI is InChI=1S/C13H14FN3S/c1-8-6-16-13(17-7-8)18-12-10(9(2)15)4-3-5-11(12)14/h3-7,9H,15H2,1-2H3/t9-/m0/s1. The minimum atomic E-state index is -0.293. The van der Waals surface area contributed by atoms with Crippen LogP contribution in [-0.2, 0) is 0 Å². The number of hydrogen-bond donors (Lipinski definition) is 1. The fourth-order valence-electron chi connectivity index (χ4n) is 1.52. The van der Waals surface area contributed by atoms with Gasteiger partial charge in [0.25, 0.3) is 0 Å². The van der Waals surface area contributed by atoms with Crippen LogP contribution in [-0.4, -0.2) is 9.97 Å². The highest BCUT2D eigenvalue weighted by Crippen LogP contribution is 2.32. The molecule has 94 valence electrons. The molecule has 0 fully saturated rings. The van der Waals surface area contributed by atoms with E-state index in [2.05, 4.69) is 9.97 Å². The molecule has 0 bridgehead atoms. The molecule has 0 amide bonds. The third-order valence-electron chi connectivity index (χ3n) is 2.44. The van der Waals surface area contributed by atoms with Crippen molar-refractivity contribution in [1.82, 2.24) is 9.97 Å². The van der Waals surface area contributed by atoms with E-state index in [1.807, 2.05) is 19.9 Å². The maximum atomic E-state index is 13.8. The lowest BCUT2D eigenvalue weighted by atomic mass is 10.1. The van der Waals surface area contributed by atoms with E-state index in [-0.39, 0.29) is 11.9 Å². The molecule has 18 heavy (non-hydrogen) atoms. The Hall–Kier alpha value is -1.46. The molecule has 0 spiro atoms. The Morgan fingerprint density at radius 2 is 1.94 bits per heavy atom. The molecule has 2 aromatic rings. The van der Waals surface area contributed by atoms with Crippen LogP contribution < -0.4 is 5.73 Å². The molecule has 2 rings (SSSR count). The number of nitrogens with zero attached hydrogens (tertiary/aromatic N) is 2. The maximum Gasteiger partial charge on any atom is 0.192 e. The largest absolute Gasteiger partial charge is 0.324 e. The van der Waals surface area contributed by atoms with E-state index in [0.717, 1.165) is 11.1 Å². The predicted octanol–water partition coefficient (Wildman–Crippen LogP) is 3.10. The number of nitrogens with two attached hydrogens (primary N) is 1. The van der Waals surface area contributed by atoms with Gasteiger partial charge in [0.15, 0.2) is 5.16 Å². The first-order chi connectivity index (χ1) is 8.58. The lowest BCUT2D eigenvalue weighted by Gasteiger charge is -2.12. The fraction of sp³-hybridized carbons (Fsp3) is 0.231. The van der Waals surface area contributed by atoms with Gasteiger partial charge in [0.2, 0.25) is 0 Å². The molecule has 0 saturated heterocycles. The molecule has 0 radical (unpaired) electrons. The van der Waals surface area contributed by atoms with Crippen molar-refractivity contribution >= 4 is 11.8 Å². The first kappa shape index (κ1) is 13.0. The minimum absolute atomic E-state index is 0.228. The van der Waals surface area contributed by atoms with Crippen LogP contribution in [0.4, 0.5) is 4.39 Å². The molecule has 2 N–H and O–H groups in total. The van der Waals surface area contributed by atoms with E-state index >= 15 is 0 Å². The van der Waals surface area contributed by atoms with Crippen molar-refractivity contribution in [2.45, 2.75) is 29.9 Å². The summed E-state index contributed by atoms with van der Waals surface area (Å²) >= 11 is 1.20. The third kappa shape index (κ3) is 2.86. The van der Waals surface area contributed by atoms with Gasteiger partial charge in [-0.15, -0.1) is 0 Å². The van der Waals surface area contributed by atoms with E-state index < -0.39 is 0 Å². The molecule has 0 aliphatic carbocycles. The van der Waals surface area contributed by atoms with Crippen molar-refractivity contribution < 1.29 is 4.39 Å². The highest BCUT2D eigenvalue weighted by Gasteiger charge is 2.14. The van der Waals surface area contributed by atoms with Gasteiger partial charge in [-0.3, -0.25) is 0 Å². The van der Waals surface area contributed by atoms with Gasteiger partial charge in [-0.1, -0.05) is 12.1 Å². The van der Waals surface area contributed by atoms with Crippen LogP contribution in [0, 0.1) is 12.7 Å². The summed E-state index contributed by atoms with van der Waals surface area (Å²) in [5.41, 5.74) is 7.58. The van der Waals surface area contributed by atoms with Gasteiger partial charge in [0.05, 0.1) is 4.90 Å².